The van der Waals surface area contributed by atoms with Gasteiger partial charge in [-0.3, -0.25) is 4.79 Å². The average molecular weight is 284 g/mol. The highest BCUT2D eigenvalue weighted by Gasteiger charge is 2.48. The quantitative estimate of drug-likeness (QED) is 0.686. The van der Waals surface area contributed by atoms with Crippen LogP contribution in [0.5, 0.6) is 0 Å². The van der Waals surface area contributed by atoms with Crippen LogP contribution in [-0.4, -0.2) is 52.2 Å². The number of rotatable bonds is 3. The molecule has 1 saturated carbocycles. The summed E-state index contributed by atoms with van der Waals surface area (Å²) in [6.45, 7) is 2.51. The van der Waals surface area contributed by atoms with Gasteiger partial charge >= 0.3 is 5.97 Å². The summed E-state index contributed by atoms with van der Waals surface area (Å²) in [6.07, 6.45) is 2.66. The molecule has 0 aromatic rings. The lowest BCUT2D eigenvalue weighted by Gasteiger charge is -2.40. The lowest BCUT2D eigenvalue weighted by atomic mass is 9.70. The summed E-state index contributed by atoms with van der Waals surface area (Å²) in [7, 11) is 0. The first-order valence-electron chi connectivity index (χ1n) is 7.31. The first-order chi connectivity index (χ1) is 9.39. The average Bonchev–Trinajstić information content (AvgIpc) is 2.81. The maximum absolute atomic E-state index is 12.8. The summed E-state index contributed by atoms with van der Waals surface area (Å²) in [5.74, 6) is -0.649. The number of carboxylic acid groups (broad SMARTS) is 1. The molecule has 2 rings (SSSR count). The molecule has 4 N–H and O–H groups in total. The van der Waals surface area contributed by atoms with Crippen molar-refractivity contribution >= 4 is 11.9 Å². The van der Waals surface area contributed by atoms with Crippen LogP contribution in [0, 0.1) is 11.3 Å². The number of hydrogen-bond acceptors (Lipinski definition) is 4. The number of amides is 1. The Morgan fingerprint density at radius 3 is 2.45 bits per heavy atom. The summed E-state index contributed by atoms with van der Waals surface area (Å²) in [6, 6.07) is -0.916. The zero-order valence-corrected chi connectivity index (χ0v) is 11.9. The maximum Gasteiger partial charge on any atom is 0.326 e. The fraction of sp³-hybridized carbons (Fsp3) is 0.857. The highest BCUT2D eigenvalue weighted by atomic mass is 16.4. The third-order valence-corrected chi connectivity index (χ3v) is 4.90. The number of hydrogen-bond donors (Lipinski definition) is 3. The second kappa shape index (κ2) is 5.69. The molecule has 1 aliphatic heterocycles. The Morgan fingerprint density at radius 2 is 1.95 bits per heavy atom. The SMILES string of the molecule is CC1CCC(CN)(C(=O)N2C[C@@H](O)C[C@H]2C(=O)O)CC1. The second-order valence-corrected chi connectivity index (χ2v) is 6.37. The molecule has 1 saturated heterocycles. The molecule has 114 valence electrons. The molecular weight excluding hydrogens is 260 g/mol. The van der Waals surface area contributed by atoms with E-state index in [1.807, 2.05) is 0 Å². The minimum atomic E-state index is -1.05. The molecule has 0 aromatic carbocycles. The Balaban J connectivity index is 2.18. The summed E-state index contributed by atoms with van der Waals surface area (Å²) in [5.41, 5.74) is 5.22. The van der Waals surface area contributed by atoms with Gasteiger partial charge in [0.25, 0.3) is 0 Å². The van der Waals surface area contributed by atoms with Crippen molar-refractivity contribution in [2.75, 3.05) is 13.1 Å². The van der Waals surface area contributed by atoms with Crippen LogP contribution in [0.3, 0.4) is 0 Å². The minimum Gasteiger partial charge on any atom is -0.480 e. The van der Waals surface area contributed by atoms with Gasteiger partial charge in [0.2, 0.25) is 5.91 Å². The summed E-state index contributed by atoms with van der Waals surface area (Å²) in [5, 5.41) is 18.9. The molecule has 2 aliphatic rings. The monoisotopic (exact) mass is 284 g/mol. The van der Waals surface area contributed by atoms with E-state index in [4.69, 9.17) is 5.73 Å². The third-order valence-electron chi connectivity index (χ3n) is 4.90. The van der Waals surface area contributed by atoms with E-state index >= 15 is 0 Å². The molecular formula is C14H24N2O4. The predicted molar refractivity (Wildman–Crippen MR) is 72.9 cm³/mol. The molecule has 6 heteroatoms. The van der Waals surface area contributed by atoms with Crippen LogP contribution in [0.1, 0.15) is 39.0 Å². The molecule has 0 unspecified atom stereocenters. The van der Waals surface area contributed by atoms with Gasteiger partial charge in [-0.1, -0.05) is 6.92 Å². The number of carbonyl (C=O) groups is 2. The van der Waals surface area contributed by atoms with Gasteiger partial charge in [-0.25, -0.2) is 4.79 Å². The largest absolute Gasteiger partial charge is 0.480 e. The Kier molecular flexibility index (Phi) is 4.34. The normalized spacial score (nSPS) is 38.0. The number of carbonyl (C=O) groups excluding carboxylic acids is 1. The van der Waals surface area contributed by atoms with Crippen molar-refractivity contribution < 1.29 is 19.8 Å². The van der Waals surface area contributed by atoms with Gasteiger partial charge in [-0.2, -0.15) is 0 Å². The molecule has 1 aliphatic carbocycles. The molecule has 0 spiro atoms. The number of aliphatic hydroxyl groups is 1. The van der Waals surface area contributed by atoms with Gasteiger partial charge in [-0.15, -0.1) is 0 Å². The number of aliphatic hydroxyl groups excluding tert-OH is 1. The zero-order valence-electron chi connectivity index (χ0n) is 11.9. The van der Waals surface area contributed by atoms with Crippen molar-refractivity contribution in [1.82, 2.24) is 4.90 Å². The molecule has 2 fully saturated rings. The Morgan fingerprint density at radius 1 is 1.35 bits per heavy atom. The summed E-state index contributed by atoms with van der Waals surface area (Å²) >= 11 is 0. The molecule has 6 nitrogen and oxygen atoms in total. The van der Waals surface area contributed by atoms with E-state index in [0.29, 0.717) is 18.8 Å². The van der Waals surface area contributed by atoms with E-state index in [9.17, 15) is 19.8 Å². The lowest BCUT2D eigenvalue weighted by Crippen LogP contribution is -2.52. The van der Waals surface area contributed by atoms with Crippen molar-refractivity contribution in [3.05, 3.63) is 0 Å². The lowest BCUT2D eigenvalue weighted by molar-refractivity contribution is -0.154. The van der Waals surface area contributed by atoms with E-state index in [1.54, 1.807) is 0 Å². The van der Waals surface area contributed by atoms with Gasteiger partial charge in [0, 0.05) is 19.5 Å². The van der Waals surface area contributed by atoms with Crippen molar-refractivity contribution in [3.8, 4) is 0 Å². The molecule has 1 amide bonds. The van der Waals surface area contributed by atoms with Gasteiger partial charge < -0.3 is 20.8 Å². The number of aliphatic carboxylic acids is 1. The van der Waals surface area contributed by atoms with E-state index in [-0.39, 0.29) is 25.4 Å². The van der Waals surface area contributed by atoms with Crippen LogP contribution in [0.4, 0.5) is 0 Å². The number of β-amino-alcohol motifs (C(OH)–C–C–N with tert-alkyl or cyclic N) is 1. The van der Waals surface area contributed by atoms with E-state index < -0.39 is 23.5 Å². The maximum atomic E-state index is 12.8. The molecule has 2 atom stereocenters. The Labute approximate surface area is 118 Å². The first kappa shape index (κ1) is 15.3. The van der Waals surface area contributed by atoms with E-state index in [1.165, 1.54) is 4.90 Å². The van der Waals surface area contributed by atoms with Crippen LogP contribution < -0.4 is 5.73 Å². The van der Waals surface area contributed by atoms with Crippen molar-refractivity contribution in [1.29, 1.82) is 0 Å². The van der Waals surface area contributed by atoms with Crippen molar-refractivity contribution in [2.24, 2.45) is 17.1 Å². The van der Waals surface area contributed by atoms with Gasteiger partial charge in [0.1, 0.15) is 6.04 Å². The fourth-order valence-corrected chi connectivity index (χ4v) is 3.40. The minimum absolute atomic E-state index is 0.104. The van der Waals surface area contributed by atoms with Crippen molar-refractivity contribution in [2.45, 2.75) is 51.2 Å². The predicted octanol–water partition coefficient (Wildman–Crippen LogP) is 0.188. The van der Waals surface area contributed by atoms with Crippen LogP contribution >= 0.6 is 0 Å². The number of likely N-dealkylation sites (tertiary alicyclic amines) is 1. The number of nitrogens with zero attached hydrogens (tertiary/aromatic N) is 1. The van der Waals surface area contributed by atoms with Gasteiger partial charge in [-0.05, 0) is 31.6 Å². The molecule has 0 bridgehead atoms. The Bertz CT molecular complexity index is 391. The van der Waals surface area contributed by atoms with E-state index in [0.717, 1.165) is 12.8 Å². The first-order valence-corrected chi connectivity index (χ1v) is 7.31. The molecule has 0 radical (unpaired) electrons. The topological polar surface area (TPSA) is 104 Å². The van der Waals surface area contributed by atoms with Crippen molar-refractivity contribution in [3.63, 3.8) is 0 Å². The molecule has 0 aromatic heterocycles. The fourth-order valence-electron chi connectivity index (χ4n) is 3.40. The Hall–Kier alpha value is -1.14. The standard InChI is InChI=1S/C14H24N2O4/c1-9-2-4-14(8-15,5-3-9)13(20)16-7-10(17)6-11(16)12(18)19/h9-11,17H,2-8,15H2,1H3,(H,18,19)/t9?,10-,11-,14?/m0/s1. The highest BCUT2D eigenvalue weighted by molar-refractivity contribution is 5.88. The molecule has 20 heavy (non-hydrogen) atoms. The van der Waals surface area contributed by atoms with Gasteiger partial charge in [0.15, 0.2) is 0 Å². The van der Waals surface area contributed by atoms with Crippen LogP contribution in [0.2, 0.25) is 0 Å². The number of nitrogens with two attached hydrogens (primary N) is 1. The van der Waals surface area contributed by atoms with Gasteiger partial charge in [0.05, 0.1) is 11.5 Å². The smallest absolute Gasteiger partial charge is 0.326 e. The highest BCUT2D eigenvalue weighted by Crippen LogP contribution is 2.40. The zero-order chi connectivity index (χ0) is 14.9. The summed E-state index contributed by atoms with van der Waals surface area (Å²) in [4.78, 5) is 25.4. The number of carboxylic acids is 1. The molecule has 1 heterocycles. The van der Waals surface area contributed by atoms with E-state index in [2.05, 4.69) is 6.92 Å². The third kappa shape index (κ3) is 2.67. The van der Waals surface area contributed by atoms with Crippen LogP contribution in [-0.2, 0) is 9.59 Å². The summed E-state index contributed by atoms with van der Waals surface area (Å²) < 4.78 is 0. The second-order valence-electron chi connectivity index (χ2n) is 6.37. The van der Waals surface area contributed by atoms with Crippen LogP contribution in [0.15, 0.2) is 0 Å². The van der Waals surface area contributed by atoms with Crippen LogP contribution in [0.25, 0.3) is 0 Å².